The monoisotopic (exact) mass is 651 g/mol. The van der Waals surface area contributed by atoms with Crippen LogP contribution in [0.4, 0.5) is 24.8 Å². The van der Waals surface area contributed by atoms with Gasteiger partial charge in [0, 0.05) is 17.7 Å². The maximum Gasteiger partial charge on any atom is 0.471 e. The topological polar surface area (TPSA) is 277 Å². The Morgan fingerprint density at radius 3 is 2.20 bits per heavy atom. The smallest absolute Gasteiger partial charge is 0.471 e. The highest BCUT2D eigenvalue weighted by atomic mass is 19.4. The average molecular weight is 652 g/mol. The maximum absolute atomic E-state index is 13.5. The third-order valence-electron chi connectivity index (χ3n) is 6.33. The minimum atomic E-state index is -5.33. The van der Waals surface area contributed by atoms with Crippen LogP contribution in [0.3, 0.4) is 0 Å². The van der Waals surface area contributed by atoms with Gasteiger partial charge in [-0.15, -0.1) is 0 Å². The van der Waals surface area contributed by atoms with Crippen LogP contribution in [0, 0.1) is 0 Å². The Morgan fingerprint density at radius 1 is 0.978 bits per heavy atom. The highest BCUT2D eigenvalue weighted by molar-refractivity contribution is 5.99. The number of amides is 3. The van der Waals surface area contributed by atoms with Crippen LogP contribution < -0.4 is 32.6 Å². The summed E-state index contributed by atoms with van der Waals surface area (Å²) in [5.41, 5.74) is 8.71. The van der Waals surface area contributed by atoms with Crippen molar-refractivity contribution in [3.63, 3.8) is 0 Å². The Hall–Kier alpha value is -5.66. The Morgan fingerprint density at radius 2 is 1.61 bits per heavy atom. The molecule has 3 aromatic rings. The minimum Gasteiger partial charge on any atom is -0.480 e. The summed E-state index contributed by atoms with van der Waals surface area (Å²) in [6, 6.07) is 1.24. The van der Waals surface area contributed by atoms with Crippen LogP contribution in [-0.4, -0.2) is 84.6 Å². The lowest BCUT2D eigenvalue weighted by Crippen LogP contribution is -2.44. The minimum absolute atomic E-state index is 0.0567. The lowest BCUT2D eigenvalue weighted by Gasteiger charge is -2.24. The second kappa shape index (κ2) is 14.9. The number of H-pyrrole nitrogens is 1. The van der Waals surface area contributed by atoms with Crippen LogP contribution in [0.5, 0.6) is 0 Å². The molecule has 0 saturated carbocycles. The van der Waals surface area contributed by atoms with Gasteiger partial charge in [-0.3, -0.25) is 29.1 Å². The molecule has 46 heavy (non-hydrogen) atoms. The van der Waals surface area contributed by atoms with Gasteiger partial charge in [0.1, 0.15) is 12.1 Å². The van der Waals surface area contributed by atoms with E-state index in [9.17, 15) is 52.2 Å². The summed E-state index contributed by atoms with van der Waals surface area (Å²) in [7, 11) is 0. The van der Waals surface area contributed by atoms with Gasteiger partial charge in [0.15, 0.2) is 11.2 Å². The lowest BCUT2D eigenvalue weighted by atomic mass is 10.1. The average Bonchev–Trinajstić information content (AvgIpc) is 2.99. The number of halogens is 3. The van der Waals surface area contributed by atoms with Crippen molar-refractivity contribution in [1.82, 2.24) is 30.6 Å². The van der Waals surface area contributed by atoms with Gasteiger partial charge >= 0.3 is 24.0 Å². The fraction of sp³-hybridized carbons (Fsp3) is 0.346. The van der Waals surface area contributed by atoms with Gasteiger partial charge < -0.3 is 32.3 Å². The number of nitrogens with one attached hydrogen (secondary N) is 3. The number of fused-ring (bicyclic) bond motifs is 1. The van der Waals surface area contributed by atoms with Crippen LogP contribution in [-0.2, 0) is 25.7 Å². The number of nitrogens with two attached hydrogens (primary N) is 2. The van der Waals surface area contributed by atoms with Crippen molar-refractivity contribution in [1.29, 1.82) is 0 Å². The second-order valence-corrected chi connectivity index (χ2v) is 9.71. The number of anilines is 2. The zero-order chi connectivity index (χ0) is 34.2. The highest BCUT2D eigenvalue weighted by Gasteiger charge is 2.43. The number of aromatic nitrogens is 4. The molecule has 246 valence electrons. The Labute approximate surface area is 256 Å². The van der Waals surface area contributed by atoms with E-state index in [1.165, 1.54) is 0 Å². The number of hydrogen-bond acceptors (Lipinski definition) is 11. The summed E-state index contributed by atoms with van der Waals surface area (Å²) < 4.78 is 40.4. The lowest BCUT2D eigenvalue weighted by molar-refractivity contribution is -0.170. The van der Waals surface area contributed by atoms with E-state index in [1.54, 1.807) is 0 Å². The van der Waals surface area contributed by atoms with E-state index < -0.39 is 72.9 Å². The molecule has 0 spiro atoms. The molecule has 0 aliphatic rings. The Bertz CT molecular complexity index is 1680. The molecule has 0 fully saturated rings. The van der Waals surface area contributed by atoms with Crippen LogP contribution in [0.15, 0.2) is 35.3 Å². The normalized spacial score (nSPS) is 12.6. The largest absolute Gasteiger partial charge is 0.480 e. The van der Waals surface area contributed by atoms with E-state index in [1.807, 2.05) is 0 Å². The predicted molar refractivity (Wildman–Crippen MR) is 152 cm³/mol. The number of aliphatic carboxylic acids is 2. The van der Waals surface area contributed by atoms with E-state index in [0.29, 0.717) is 6.42 Å². The molecule has 3 amide bonds. The Balaban J connectivity index is 1.75. The van der Waals surface area contributed by atoms with Gasteiger partial charge in [0.2, 0.25) is 11.9 Å². The Kier molecular flexibility index (Phi) is 11.3. The molecule has 3 rings (SSSR count). The first-order valence-electron chi connectivity index (χ1n) is 13.4. The summed E-state index contributed by atoms with van der Waals surface area (Å²) in [4.78, 5) is 86.4. The van der Waals surface area contributed by atoms with E-state index in [4.69, 9.17) is 11.5 Å². The fourth-order valence-electron chi connectivity index (χ4n) is 4.06. The number of benzene rings is 1. The zero-order valence-electron chi connectivity index (χ0n) is 23.7. The zero-order valence-corrected chi connectivity index (χ0v) is 23.7. The third-order valence-corrected chi connectivity index (χ3v) is 6.33. The summed E-state index contributed by atoms with van der Waals surface area (Å²) >= 11 is 0. The van der Waals surface area contributed by atoms with Crippen LogP contribution >= 0.6 is 0 Å². The number of alkyl halides is 3. The van der Waals surface area contributed by atoms with E-state index >= 15 is 0 Å². The van der Waals surface area contributed by atoms with Gasteiger partial charge in [-0.1, -0.05) is 0 Å². The molecule has 17 nitrogen and oxygen atoms in total. The number of carbonyl (C=O) groups is 5. The number of nitrogens with zero attached hydrogens (tertiary/aromatic N) is 4. The first-order valence-corrected chi connectivity index (χ1v) is 13.4. The van der Waals surface area contributed by atoms with Crippen LogP contribution in [0.1, 0.15) is 41.7 Å². The number of carbonyl (C=O) groups excluding carboxylic acids is 3. The van der Waals surface area contributed by atoms with Crippen LogP contribution in [0.25, 0.3) is 11.2 Å². The predicted octanol–water partition coefficient (Wildman–Crippen LogP) is -0.338. The van der Waals surface area contributed by atoms with Crippen molar-refractivity contribution in [2.45, 2.75) is 50.5 Å². The van der Waals surface area contributed by atoms with E-state index in [2.05, 4.69) is 30.6 Å². The maximum atomic E-state index is 13.5. The number of carboxylic acid groups (broad SMARTS) is 2. The summed E-state index contributed by atoms with van der Waals surface area (Å²) in [5.74, 6) is -7.11. The standard InChI is InChI=1S/C26H28F3N9O8/c27-26(28,29)24(46)38(11-13-10-32-19-18(33-13)21(41)37-25(31)36-19)14-5-3-12(4-6-14)20(40)35-16(23(44)45)7-8-17(39)34-15(22(42)43)2-1-9-30/h3-6,10,15-16H,1-2,7-9,11,30H2,(H,34,39)(H,35,40)(H,42,43)(H,44,45)(H3,31,32,36,37,41)/t15-,16-/m1/s1. The quantitative estimate of drug-likeness (QED) is 0.118. The summed E-state index contributed by atoms with van der Waals surface area (Å²) in [6.07, 6.45) is -4.83. The molecule has 2 atom stereocenters. The van der Waals surface area contributed by atoms with E-state index in [0.717, 1.165) is 30.5 Å². The molecular weight excluding hydrogens is 623 g/mol. The molecular formula is C26H28F3N9O8. The molecule has 2 heterocycles. The first-order chi connectivity index (χ1) is 21.6. The van der Waals surface area contributed by atoms with Crippen molar-refractivity contribution in [3.8, 4) is 0 Å². The molecule has 0 radical (unpaired) electrons. The number of carboxylic acids is 2. The number of aromatic amines is 1. The number of hydrogen-bond donors (Lipinski definition) is 7. The first kappa shape index (κ1) is 34.8. The molecule has 0 saturated heterocycles. The van der Waals surface area contributed by atoms with Crippen LogP contribution in [0.2, 0.25) is 0 Å². The highest BCUT2D eigenvalue weighted by Crippen LogP contribution is 2.26. The third kappa shape index (κ3) is 9.17. The van der Waals surface area contributed by atoms with Crippen molar-refractivity contribution < 1.29 is 47.4 Å². The van der Waals surface area contributed by atoms with Gasteiger partial charge in [-0.05, 0) is 50.1 Å². The number of rotatable bonds is 14. The van der Waals surface area contributed by atoms with Crippen molar-refractivity contribution in [2.75, 3.05) is 17.2 Å². The molecule has 0 bridgehead atoms. The molecule has 9 N–H and O–H groups in total. The summed E-state index contributed by atoms with van der Waals surface area (Å²) in [5, 5.41) is 23.2. The molecule has 0 aliphatic heterocycles. The molecule has 0 unspecified atom stereocenters. The van der Waals surface area contributed by atoms with Crippen molar-refractivity contribution in [2.24, 2.45) is 5.73 Å². The summed E-state index contributed by atoms with van der Waals surface area (Å²) in [6.45, 7) is -0.602. The SMILES string of the molecule is NCCC[C@@H](NC(=O)CC[C@@H](NC(=O)c1ccc(N(Cc2cnc3nc(N)[nH]c(=O)c3n2)C(=O)C(F)(F)F)cc1)C(=O)O)C(=O)O. The van der Waals surface area contributed by atoms with Gasteiger partial charge in [-0.2, -0.15) is 18.2 Å². The van der Waals surface area contributed by atoms with Crippen molar-refractivity contribution >= 4 is 52.5 Å². The van der Waals surface area contributed by atoms with Gasteiger partial charge in [-0.25, -0.2) is 19.6 Å². The van der Waals surface area contributed by atoms with Crippen molar-refractivity contribution in [3.05, 3.63) is 52.1 Å². The number of nitrogen functional groups attached to an aromatic ring is 1. The molecule has 2 aromatic heterocycles. The fourth-order valence-corrected chi connectivity index (χ4v) is 4.06. The van der Waals surface area contributed by atoms with Gasteiger partial charge in [0.05, 0.1) is 18.4 Å². The second-order valence-electron chi connectivity index (χ2n) is 9.71. The molecule has 1 aromatic carbocycles. The molecule has 20 heteroatoms. The molecule has 0 aliphatic carbocycles. The van der Waals surface area contributed by atoms with Gasteiger partial charge in [0.25, 0.3) is 11.5 Å². The van der Waals surface area contributed by atoms with E-state index in [-0.39, 0.29) is 51.9 Å².